The Morgan fingerprint density at radius 3 is 2.40 bits per heavy atom. The first-order valence-electron chi connectivity index (χ1n) is 5.53. The van der Waals surface area contributed by atoms with E-state index in [-0.39, 0.29) is 10.3 Å². The zero-order chi connectivity index (χ0) is 14.4. The van der Waals surface area contributed by atoms with Gasteiger partial charge in [0.25, 0.3) is 0 Å². The van der Waals surface area contributed by atoms with Gasteiger partial charge in [-0.2, -0.15) is 0 Å². The van der Waals surface area contributed by atoms with Crippen LogP contribution in [0.4, 0.5) is 8.78 Å². The Hall–Kier alpha value is -1.05. The van der Waals surface area contributed by atoms with E-state index in [4.69, 9.17) is 12.2 Å². The van der Waals surface area contributed by atoms with Gasteiger partial charge in [0.1, 0.15) is 11.3 Å². The highest BCUT2D eigenvalue weighted by Gasteiger charge is 2.15. The summed E-state index contributed by atoms with van der Waals surface area (Å²) in [5, 5.41) is 0. The summed E-state index contributed by atoms with van der Waals surface area (Å²) in [6.07, 6.45) is 0. The number of aromatic nitrogens is 2. The molecule has 0 saturated heterocycles. The summed E-state index contributed by atoms with van der Waals surface area (Å²) in [6, 6.07) is 7.58. The number of imidazole rings is 1. The van der Waals surface area contributed by atoms with Crippen molar-refractivity contribution in [3.63, 3.8) is 0 Å². The van der Waals surface area contributed by atoms with E-state index >= 15 is 0 Å². The molecule has 0 aliphatic carbocycles. The van der Waals surface area contributed by atoms with E-state index in [9.17, 15) is 8.78 Å². The Kier molecular flexibility index (Phi) is 3.51. The van der Waals surface area contributed by atoms with Gasteiger partial charge < -0.3 is 4.98 Å². The predicted molar refractivity (Wildman–Crippen MR) is 83.8 cm³/mol. The maximum atomic E-state index is 13.8. The number of nitrogens with one attached hydrogen (secondary N) is 1. The van der Waals surface area contributed by atoms with Gasteiger partial charge in [-0.15, -0.1) is 0 Å². The molecule has 0 atom stereocenters. The molecule has 102 valence electrons. The molecule has 2 aromatic carbocycles. The average molecular weight is 420 g/mol. The van der Waals surface area contributed by atoms with Crippen LogP contribution in [-0.2, 0) is 0 Å². The molecule has 3 aromatic rings. The number of aromatic amines is 1. The highest BCUT2D eigenvalue weighted by molar-refractivity contribution is 9.11. The molecule has 2 nitrogen and oxygen atoms in total. The van der Waals surface area contributed by atoms with E-state index in [0.717, 1.165) is 15.0 Å². The molecule has 1 heterocycles. The lowest BCUT2D eigenvalue weighted by Gasteiger charge is -2.09. The van der Waals surface area contributed by atoms with Gasteiger partial charge in [0.05, 0.1) is 11.2 Å². The summed E-state index contributed by atoms with van der Waals surface area (Å²) < 4.78 is 30.7. The molecule has 1 N–H and O–H groups in total. The van der Waals surface area contributed by atoms with Crippen LogP contribution in [0.2, 0.25) is 0 Å². The van der Waals surface area contributed by atoms with Gasteiger partial charge in [0, 0.05) is 21.1 Å². The van der Waals surface area contributed by atoms with Crippen molar-refractivity contribution in [2.24, 2.45) is 0 Å². The minimum Gasteiger partial charge on any atom is -0.328 e. The molecule has 0 spiro atoms. The number of H-pyrrole nitrogens is 1. The summed E-state index contributed by atoms with van der Waals surface area (Å²) in [5.74, 6) is -1.33. The van der Waals surface area contributed by atoms with Crippen LogP contribution in [0.3, 0.4) is 0 Å². The third-order valence-corrected chi connectivity index (χ3v) is 4.44. The molecule has 0 saturated carbocycles. The van der Waals surface area contributed by atoms with Crippen molar-refractivity contribution in [1.29, 1.82) is 0 Å². The number of rotatable bonds is 1. The summed E-state index contributed by atoms with van der Waals surface area (Å²) in [4.78, 5) is 2.77. The van der Waals surface area contributed by atoms with Crippen molar-refractivity contribution >= 4 is 55.1 Å². The largest absolute Gasteiger partial charge is 0.328 e. The molecular formula is C13H6Br2F2N2S. The van der Waals surface area contributed by atoms with Crippen LogP contribution in [-0.4, -0.2) is 9.55 Å². The van der Waals surface area contributed by atoms with Gasteiger partial charge in [-0.25, -0.2) is 8.78 Å². The van der Waals surface area contributed by atoms with E-state index in [1.165, 1.54) is 6.07 Å². The fourth-order valence-corrected chi connectivity index (χ4v) is 3.70. The van der Waals surface area contributed by atoms with E-state index in [1.807, 2.05) is 18.2 Å². The van der Waals surface area contributed by atoms with Crippen molar-refractivity contribution in [3.05, 3.63) is 55.7 Å². The smallest absolute Gasteiger partial charge is 0.182 e. The minimum atomic E-state index is -0.673. The van der Waals surface area contributed by atoms with Crippen molar-refractivity contribution in [2.75, 3.05) is 0 Å². The number of hydrogen-bond acceptors (Lipinski definition) is 1. The maximum absolute atomic E-state index is 13.8. The van der Waals surface area contributed by atoms with E-state index in [1.54, 1.807) is 4.57 Å². The van der Waals surface area contributed by atoms with Crippen LogP contribution in [0, 0.1) is 16.4 Å². The maximum Gasteiger partial charge on any atom is 0.182 e. The van der Waals surface area contributed by atoms with Gasteiger partial charge in [-0.05, 0) is 56.2 Å². The minimum absolute atomic E-state index is 0.180. The van der Waals surface area contributed by atoms with Gasteiger partial charge in [0.15, 0.2) is 10.6 Å². The second-order valence-corrected chi connectivity index (χ2v) is 6.21. The Bertz CT molecular complexity index is 866. The number of para-hydroxylation sites is 1. The first-order chi connectivity index (χ1) is 9.49. The highest BCUT2D eigenvalue weighted by atomic mass is 79.9. The lowest BCUT2D eigenvalue weighted by atomic mass is 10.2. The Balaban J connectivity index is 2.49. The van der Waals surface area contributed by atoms with Crippen molar-refractivity contribution in [1.82, 2.24) is 9.55 Å². The number of nitrogens with zero attached hydrogens (tertiary/aromatic N) is 1. The third kappa shape index (κ3) is 2.13. The predicted octanol–water partition coefficient (Wildman–Crippen LogP) is 5.49. The molecular weight excluding hydrogens is 414 g/mol. The first-order valence-corrected chi connectivity index (χ1v) is 7.52. The Labute approximate surface area is 134 Å². The zero-order valence-corrected chi connectivity index (χ0v) is 13.7. The SMILES string of the molecule is Fc1cc(F)c2[nH]c(=S)n(-c3c(Br)cccc3Br)c2c1. The number of halogens is 4. The zero-order valence-electron chi connectivity index (χ0n) is 9.75. The molecule has 0 aliphatic rings. The molecule has 0 bridgehead atoms. The second-order valence-electron chi connectivity index (χ2n) is 4.12. The molecule has 1 aromatic heterocycles. The standard InChI is InChI=1S/C13H6Br2F2N2S/c14-7-2-1-3-8(15)12(7)19-10-5-6(16)4-9(17)11(10)18-13(19)20/h1-5H,(H,18,20). The summed E-state index contributed by atoms with van der Waals surface area (Å²) >= 11 is 12.1. The second kappa shape index (κ2) is 5.05. The van der Waals surface area contributed by atoms with Gasteiger partial charge in [0.2, 0.25) is 0 Å². The fourth-order valence-electron chi connectivity index (χ4n) is 2.06. The van der Waals surface area contributed by atoms with Crippen LogP contribution >= 0.6 is 44.1 Å². The van der Waals surface area contributed by atoms with Crippen molar-refractivity contribution in [3.8, 4) is 5.69 Å². The molecule has 0 aliphatic heterocycles. The van der Waals surface area contributed by atoms with Gasteiger partial charge in [-0.1, -0.05) is 6.07 Å². The van der Waals surface area contributed by atoms with E-state index < -0.39 is 11.6 Å². The molecule has 7 heteroatoms. The number of fused-ring (bicyclic) bond motifs is 1. The van der Waals surface area contributed by atoms with Gasteiger partial charge >= 0.3 is 0 Å². The topological polar surface area (TPSA) is 20.7 Å². The quantitative estimate of drug-likeness (QED) is 0.517. The Morgan fingerprint density at radius 2 is 1.75 bits per heavy atom. The normalized spacial score (nSPS) is 11.2. The van der Waals surface area contributed by atoms with E-state index in [2.05, 4.69) is 36.8 Å². The first kappa shape index (κ1) is 13.9. The molecule has 20 heavy (non-hydrogen) atoms. The molecule has 0 fully saturated rings. The monoisotopic (exact) mass is 418 g/mol. The average Bonchev–Trinajstić information content (AvgIpc) is 2.67. The summed E-state index contributed by atoms with van der Waals surface area (Å²) in [6.45, 7) is 0. The number of hydrogen-bond donors (Lipinski definition) is 1. The van der Waals surface area contributed by atoms with Crippen LogP contribution in [0.5, 0.6) is 0 Å². The van der Waals surface area contributed by atoms with Gasteiger partial charge in [-0.3, -0.25) is 4.57 Å². The lowest BCUT2D eigenvalue weighted by molar-refractivity contribution is 0.590. The summed E-state index contributed by atoms with van der Waals surface area (Å²) in [5.41, 5.74) is 1.22. The van der Waals surface area contributed by atoms with Crippen molar-refractivity contribution < 1.29 is 8.78 Å². The molecule has 0 amide bonds. The Morgan fingerprint density at radius 1 is 1.10 bits per heavy atom. The number of benzene rings is 2. The molecule has 3 rings (SSSR count). The third-order valence-electron chi connectivity index (χ3n) is 2.87. The van der Waals surface area contributed by atoms with Crippen LogP contribution in [0.25, 0.3) is 16.7 Å². The van der Waals surface area contributed by atoms with E-state index in [0.29, 0.717) is 11.2 Å². The van der Waals surface area contributed by atoms with Crippen LogP contribution < -0.4 is 0 Å². The van der Waals surface area contributed by atoms with Crippen LogP contribution in [0.1, 0.15) is 0 Å². The van der Waals surface area contributed by atoms with Crippen LogP contribution in [0.15, 0.2) is 39.3 Å². The molecule has 0 radical (unpaired) electrons. The van der Waals surface area contributed by atoms with Crippen molar-refractivity contribution in [2.45, 2.75) is 0 Å². The summed E-state index contributed by atoms with van der Waals surface area (Å²) in [7, 11) is 0. The fraction of sp³-hybridized carbons (Fsp3) is 0. The highest BCUT2D eigenvalue weighted by Crippen LogP contribution is 2.32. The lowest BCUT2D eigenvalue weighted by Crippen LogP contribution is -1.97. The molecule has 0 unspecified atom stereocenters.